The summed E-state index contributed by atoms with van der Waals surface area (Å²) in [6.45, 7) is 3.27. The SMILES string of the molecule is CCCN(Cc1ccccc1)C(=O)CCNS(=O)(=O)c1ccc(Br)cc1. The maximum absolute atomic E-state index is 12.5. The van der Waals surface area contributed by atoms with Crippen LogP contribution in [-0.4, -0.2) is 32.3 Å². The number of halogens is 1. The molecule has 0 atom stereocenters. The van der Waals surface area contributed by atoms with Crippen LogP contribution in [0.3, 0.4) is 0 Å². The predicted molar refractivity (Wildman–Crippen MR) is 106 cm³/mol. The van der Waals surface area contributed by atoms with Gasteiger partial charge in [0.2, 0.25) is 15.9 Å². The minimum atomic E-state index is -3.61. The number of hydrogen-bond acceptors (Lipinski definition) is 3. The molecule has 0 bridgehead atoms. The Labute approximate surface area is 163 Å². The Morgan fingerprint density at radius 2 is 1.73 bits per heavy atom. The van der Waals surface area contributed by atoms with Crippen molar-refractivity contribution in [3.8, 4) is 0 Å². The summed E-state index contributed by atoms with van der Waals surface area (Å²) in [5, 5.41) is 0. The number of nitrogens with one attached hydrogen (secondary N) is 1. The topological polar surface area (TPSA) is 66.5 Å². The number of amides is 1. The maximum Gasteiger partial charge on any atom is 0.240 e. The van der Waals surface area contributed by atoms with E-state index in [1.54, 1.807) is 17.0 Å². The normalized spacial score (nSPS) is 11.3. The number of rotatable bonds is 9. The highest BCUT2D eigenvalue weighted by atomic mass is 79.9. The Balaban J connectivity index is 1.91. The molecule has 5 nitrogen and oxygen atoms in total. The molecule has 0 aliphatic carbocycles. The molecule has 1 amide bonds. The molecule has 0 saturated carbocycles. The van der Waals surface area contributed by atoms with Crippen LogP contribution in [0.25, 0.3) is 0 Å². The first-order valence-corrected chi connectivity index (χ1v) is 10.8. The Bertz CT molecular complexity index is 808. The Kier molecular flexibility index (Phi) is 7.81. The molecule has 2 rings (SSSR count). The van der Waals surface area contributed by atoms with Gasteiger partial charge in [0, 0.05) is 30.5 Å². The van der Waals surface area contributed by atoms with E-state index in [9.17, 15) is 13.2 Å². The number of benzene rings is 2. The highest BCUT2D eigenvalue weighted by Gasteiger charge is 2.17. The average molecular weight is 439 g/mol. The van der Waals surface area contributed by atoms with Crippen LogP contribution in [0.1, 0.15) is 25.3 Å². The fourth-order valence-electron chi connectivity index (χ4n) is 2.51. The zero-order valence-corrected chi connectivity index (χ0v) is 17.1. The van der Waals surface area contributed by atoms with Gasteiger partial charge in [-0.15, -0.1) is 0 Å². The zero-order valence-electron chi connectivity index (χ0n) is 14.7. The van der Waals surface area contributed by atoms with Crippen molar-refractivity contribution in [1.82, 2.24) is 9.62 Å². The predicted octanol–water partition coefficient (Wildman–Crippen LogP) is 3.56. The molecule has 0 aliphatic rings. The zero-order chi connectivity index (χ0) is 19.0. The quantitative estimate of drug-likeness (QED) is 0.650. The van der Waals surface area contributed by atoms with Gasteiger partial charge in [-0.3, -0.25) is 4.79 Å². The Hall–Kier alpha value is -1.70. The van der Waals surface area contributed by atoms with Crippen molar-refractivity contribution in [2.45, 2.75) is 31.2 Å². The Morgan fingerprint density at radius 1 is 1.08 bits per heavy atom. The molecule has 0 saturated heterocycles. The lowest BCUT2D eigenvalue weighted by molar-refractivity contribution is -0.131. The minimum absolute atomic E-state index is 0.0609. The van der Waals surface area contributed by atoms with Crippen molar-refractivity contribution in [1.29, 1.82) is 0 Å². The number of sulfonamides is 1. The van der Waals surface area contributed by atoms with Crippen molar-refractivity contribution >= 4 is 31.9 Å². The van der Waals surface area contributed by atoms with Crippen molar-refractivity contribution in [3.05, 3.63) is 64.6 Å². The summed E-state index contributed by atoms with van der Waals surface area (Å²) in [6, 6.07) is 16.2. The van der Waals surface area contributed by atoms with E-state index in [-0.39, 0.29) is 23.8 Å². The van der Waals surface area contributed by atoms with Crippen LogP contribution in [0.2, 0.25) is 0 Å². The highest BCUT2D eigenvalue weighted by Crippen LogP contribution is 2.14. The van der Waals surface area contributed by atoms with Crippen LogP contribution >= 0.6 is 15.9 Å². The summed E-state index contributed by atoms with van der Waals surface area (Å²) in [5.74, 6) is -0.0609. The molecular weight excluding hydrogens is 416 g/mol. The fourth-order valence-corrected chi connectivity index (χ4v) is 3.81. The van der Waals surface area contributed by atoms with Crippen molar-refractivity contribution in [2.75, 3.05) is 13.1 Å². The van der Waals surface area contributed by atoms with E-state index in [2.05, 4.69) is 20.7 Å². The lowest BCUT2D eigenvalue weighted by atomic mass is 10.2. The number of carbonyl (C=O) groups is 1. The van der Waals surface area contributed by atoms with E-state index >= 15 is 0 Å². The highest BCUT2D eigenvalue weighted by molar-refractivity contribution is 9.10. The first-order valence-electron chi connectivity index (χ1n) is 8.49. The van der Waals surface area contributed by atoms with Crippen LogP contribution < -0.4 is 4.72 Å². The molecule has 26 heavy (non-hydrogen) atoms. The first-order chi connectivity index (χ1) is 12.4. The molecule has 0 radical (unpaired) electrons. The summed E-state index contributed by atoms with van der Waals surface area (Å²) in [5.41, 5.74) is 1.06. The van der Waals surface area contributed by atoms with Gasteiger partial charge >= 0.3 is 0 Å². The van der Waals surface area contributed by atoms with E-state index < -0.39 is 10.0 Å². The third-order valence-corrected chi connectivity index (χ3v) is 5.82. The van der Waals surface area contributed by atoms with Gasteiger partial charge in [0.25, 0.3) is 0 Å². The summed E-state index contributed by atoms with van der Waals surface area (Å²) in [4.78, 5) is 14.4. The van der Waals surface area contributed by atoms with E-state index in [0.717, 1.165) is 16.5 Å². The second-order valence-electron chi connectivity index (χ2n) is 5.90. The molecule has 0 fully saturated rings. The van der Waals surface area contributed by atoms with E-state index in [1.165, 1.54) is 12.1 Å². The molecule has 2 aromatic rings. The van der Waals surface area contributed by atoms with Crippen molar-refractivity contribution < 1.29 is 13.2 Å². The molecule has 0 aromatic heterocycles. The molecule has 0 heterocycles. The number of carbonyl (C=O) groups excluding carboxylic acids is 1. The van der Waals surface area contributed by atoms with E-state index in [4.69, 9.17) is 0 Å². The molecule has 0 aliphatic heterocycles. The van der Waals surface area contributed by atoms with Crippen molar-refractivity contribution in [3.63, 3.8) is 0 Å². The van der Waals surface area contributed by atoms with E-state index in [1.807, 2.05) is 37.3 Å². The lowest BCUT2D eigenvalue weighted by Crippen LogP contribution is -2.34. The van der Waals surface area contributed by atoms with Crippen LogP contribution in [0.4, 0.5) is 0 Å². The third kappa shape index (κ3) is 6.23. The van der Waals surface area contributed by atoms with Crippen LogP contribution in [0, 0.1) is 0 Å². The van der Waals surface area contributed by atoms with Gasteiger partial charge in [0.15, 0.2) is 0 Å². The van der Waals surface area contributed by atoms with Gasteiger partial charge in [0.1, 0.15) is 0 Å². The second kappa shape index (κ2) is 9.85. The molecule has 2 aromatic carbocycles. The number of hydrogen-bond donors (Lipinski definition) is 1. The molecular formula is C19H23BrN2O3S. The fraction of sp³-hybridized carbons (Fsp3) is 0.316. The van der Waals surface area contributed by atoms with Gasteiger partial charge in [-0.2, -0.15) is 0 Å². The smallest absolute Gasteiger partial charge is 0.240 e. The monoisotopic (exact) mass is 438 g/mol. The van der Waals surface area contributed by atoms with Gasteiger partial charge in [-0.1, -0.05) is 53.2 Å². The van der Waals surface area contributed by atoms with Gasteiger partial charge in [-0.25, -0.2) is 13.1 Å². The maximum atomic E-state index is 12.5. The summed E-state index contributed by atoms with van der Waals surface area (Å²) in [7, 11) is -3.61. The molecule has 0 spiro atoms. The summed E-state index contributed by atoms with van der Waals surface area (Å²) < 4.78 is 27.8. The van der Waals surface area contributed by atoms with E-state index in [0.29, 0.717) is 13.1 Å². The van der Waals surface area contributed by atoms with Crippen molar-refractivity contribution in [2.24, 2.45) is 0 Å². The second-order valence-corrected chi connectivity index (χ2v) is 8.59. The van der Waals surface area contributed by atoms with Gasteiger partial charge in [-0.05, 0) is 36.2 Å². The average Bonchev–Trinajstić information content (AvgIpc) is 2.62. The van der Waals surface area contributed by atoms with Crippen LogP contribution in [0.5, 0.6) is 0 Å². The molecule has 1 N–H and O–H groups in total. The summed E-state index contributed by atoms with van der Waals surface area (Å²) >= 11 is 3.28. The largest absolute Gasteiger partial charge is 0.338 e. The third-order valence-electron chi connectivity index (χ3n) is 3.82. The first kappa shape index (κ1) is 20.6. The lowest BCUT2D eigenvalue weighted by Gasteiger charge is -2.22. The van der Waals surface area contributed by atoms with Crippen LogP contribution in [0.15, 0.2) is 64.0 Å². The standard InChI is InChI=1S/C19H23BrN2O3S/c1-2-14-22(15-16-6-4-3-5-7-16)19(23)12-13-21-26(24,25)18-10-8-17(20)9-11-18/h3-11,21H,2,12-15H2,1H3. The molecule has 140 valence electrons. The summed E-state index contributed by atoms with van der Waals surface area (Å²) in [6.07, 6.45) is 0.978. The Morgan fingerprint density at radius 3 is 2.35 bits per heavy atom. The minimum Gasteiger partial charge on any atom is -0.338 e. The van der Waals surface area contributed by atoms with Gasteiger partial charge < -0.3 is 4.90 Å². The van der Waals surface area contributed by atoms with Gasteiger partial charge in [0.05, 0.1) is 4.90 Å². The number of nitrogens with zero attached hydrogens (tertiary/aromatic N) is 1. The molecule has 0 unspecified atom stereocenters. The van der Waals surface area contributed by atoms with Crippen LogP contribution in [-0.2, 0) is 21.4 Å². The molecule has 7 heteroatoms.